The molecule has 6 heteroatoms. The van der Waals surface area contributed by atoms with Crippen LogP contribution in [0.25, 0.3) is 0 Å². The topological polar surface area (TPSA) is 62.6 Å². The van der Waals surface area contributed by atoms with Crippen molar-refractivity contribution in [2.75, 3.05) is 16.9 Å². The Morgan fingerprint density at radius 1 is 1.21 bits per heavy atom. The van der Waals surface area contributed by atoms with Crippen LogP contribution in [-0.2, 0) is 4.79 Å². The molecule has 1 fully saturated rings. The molecular weight excluding hydrogens is 324 g/mol. The maximum Gasteiger partial charge on any atom is 0.291 e. The highest BCUT2D eigenvalue weighted by Gasteiger charge is 2.36. The van der Waals surface area contributed by atoms with Gasteiger partial charge in [-0.2, -0.15) is 0 Å². The molecule has 0 spiro atoms. The molecule has 1 atom stereocenters. The summed E-state index contributed by atoms with van der Waals surface area (Å²) in [5.74, 6) is 0.989. The number of furan rings is 1. The summed E-state index contributed by atoms with van der Waals surface area (Å²) in [5, 5.41) is 2.96. The Morgan fingerprint density at radius 3 is 2.71 bits per heavy atom. The van der Waals surface area contributed by atoms with Gasteiger partial charge in [-0.15, -0.1) is 11.8 Å². The summed E-state index contributed by atoms with van der Waals surface area (Å²) in [4.78, 5) is 26.9. The number of anilines is 1. The zero-order valence-electron chi connectivity index (χ0n) is 14.0. The summed E-state index contributed by atoms with van der Waals surface area (Å²) in [5.41, 5.74) is 3.73. The van der Waals surface area contributed by atoms with Crippen molar-refractivity contribution in [3.8, 4) is 0 Å². The van der Waals surface area contributed by atoms with E-state index in [0.717, 1.165) is 22.4 Å². The van der Waals surface area contributed by atoms with Crippen LogP contribution in [0.5, 0.6) is 0 Å². The molecule has 24 heavy (non-hydrogen) atoms. The van der Waals surface area contributed by atoms with E-state index in [-0.39, 0.29) is 11.8 Å². The molecule has 0 radical (unpaired) electrons. The molecule has 2 amide bonds. The third-order valence-corrected chi connectivity index (χ3v) is 5.38. The fraction of sp³-hybridized carbons (Fsp3) is 0.333. The lowest BCUT2D eigenvalue weighted by Crippen LogP contribution is -2.44. The molecular formula is C18H20N2O3S. The van der Waals surface area contributed by atoms with E-state index in [1.54, 1.807) is 22.7 Å². The highest BCUT2D eigenvalue weighted by Crippen LogP contribution is 2.26. The molecule has 0 saturated carbocycles. The minimum absolute atomic E-state index is 0.161. The van der Waals surface area contributed by atoms with Gasteiger partial charge in [0.2, 0.25) is 5.91 Å². The van der Waals surface area contributed by atoms with Crippen molar-refractivity contribution in [1.29, 1.82) is 0 Å². The van der Waals surface area contributed by atoms with Gasteiger partial charge in [-0.1, -0.05) is 12.1 Å². The second-order valence-corrected chi connectivity index (χ2v) is 6.96. The predicted molar refractivity (Wildman–Crippen MR) is 95.3 cm³/mol. The molecule has 5 nitrogen and oxygen atoms in total. The summed E-state index contributed by atoms with van der Waals surface area (Å²) in [7, 11) is 0. The SMILES string of the molecule is Cc1ccoc1C(=O)N1CSC[C@H]1C(=O)Nc1cccc(C)c1C. The smallest absolute Gasteiger partial charge is 0.291 e. The van der Waals surface area contributed by atoms with Crippen molar-refractivity contribution in [1.82, 2.24) is 4.90 Å². The first-order chi connectivity index (χ1) is 11.5. The van der Waals surface area contributed by atoms with Crippen LogP contribution in [-0.4, -0.2) is 34.4 Å². The van der Waals surface area contributed by atoms with Gasteiger partial charge >= 0.3 is 0 Å². The number of thioether (sulfide) groups is 1. The molecule has 1 aromatic heterocycles. The molecule has 2 aromatic rings. The van der Waals surface area contributed by atoms with Gasteiger partial charge < -0.3 is 14.6 Å². The predicted octanol–water partition coefficient (Wildman–Crippen LogP) is 3.36. The van der Waals surface area contributed by atoms with Gasteiger partial charge in [0.25, 0.3) is 5.91 Å². The average molecular weight is 344 g/mol. The number of carbonyl (C=O) groups is 2. The largest absolute Gasteiger partial charge is 0.459 e. The van der Waals surface area contributed by atoms with Crippen molar-refractivity contribution < 1.29 is 14.0 Å². The Hall–Kier alpha value is -2.21. The monoisotopic (exact) mass is 344 g/mol. The zero-order chi connectivity index (χ0) is 17.3. The Kier molecular flexibility index (Phi) is 4.66. The van der Waals surface area contributed by atoms with Crippen molar-refractivity contribution in [3.05, 3.63) is 53.0 Å². The minimum Gasteiger partial charge on any atom is -0.459 e. The van der Waals surface area contributed by atoms with Crippen molar-refractivity contribution in [3.63, 3.8) is 0 Å². The zero-order valence-corrected chi connectivity index (χ0v) is 14.8. The first-order valence-corrected chi connectivity index (χ1v) is 8.94. The molecule has 2 heterocycles. The normalized spacial score (nSPS) is 17.1. The fourth-order valence-corrected chi connectivity index (χ4v) is 3.84. The van der Waals surface area contributed by atoms with E-state index in [0.29, 0.717) is 17.4 Å². The standard InChI is InChI=1S/C18H20N2O3S/c1-11-5-4-6-14(13(11)3)19-17(21)15-9-24-10-20(15)18(22)16-12(2)7-8-23-16/h4-8,15H,9-10H2,1-3H3,(H,19,21)/t15-/m0/s1. The number of hydrogen-bond donors (Lipinski definition) is 1. The number of nitrogens with one attached hydrogen (secondary N) is 1. The van der Waals surface area contributed by atoms with E-state index < -0.39 is 6.04 Å². The summed E-state index contributed by atoms with van der Waals surface area (Å²) in [6.07, 6.45) is 1.50. The summed E-state index contributed by atoms with van der Waals surface area (Å²) in [6.45, 7) is 5.81. The van der Waals surface area contributed by atoms with Crippen LogP contribution in [0.4, 0.5) is 5.69 Å². The van der Waals surface area contributed by atoms with Crippen LogP contribution in [0.3, 0.4) is 0 Å². The Morgan fingerprint density at radius 2 is 2.00 bits per heavy atom. The van der Waals surface area contributed by atoms with Crippen molar-refractivity contribution in [2.45, 2.75) is 26.8 Å². The van der Waals surface area contributed by atoms with Crippen LogP contribution in [0.15, 0.2) is 34.9 Å². The van der Waals surface area contributed by atoms with Crippen LogP contribution >= 0.6 is 11.8 Å². The number of hydrogen-bond acceptors (Lipinski definition) is 4. The van der Waals surface area contributed by atoms with Crippen LogP contribution < -0.4 is 5.32 Å². The van der Waals surface area contributed by atoms with Gasteiger partial charge in [-0.25, -0.2) is 0 Å². The molecule has 1 aliphatic rings. The molecule has 0 unspecified atom stereocenters. The fourth-order valence-electron chi connectivity index (χ4n) is 2.68. The van der Waals surface area contributed by atoms with Gasteiger partial charge in [-0.05, 0) is 44.0 Å². The molecule has 3 rings (SSSR count). The second-order valence-electron chi connectivity index (χ2n) is 5.96. The van der Waals surface area contributed by atoms with Gasteiger partial charge in [0.1, 0.15) is 6.04 Å². The molecule has 0 bridgehead atoms. The third-order valence-electron chi connectivity index (χ3n) is 4.36. The maximum atomic E-state index is 12.7. The van der Waals surface area contributed by atoms with E-state index in [2.05, 4.69) is 5.32 Å². The van der Waals surface area contributed by atoms with E-state index >= 15 is 0 Å². The van der Waals surface area contributed by atoms with Gasteiger partial charge in [0.05, 0.1) is 12.1 Å². The molecule has 1 aromatic carbocycles. The van der Waals surface area contributed by atoms with E-state index in [4.69, 9.17) is 4.42 Å². The molecule has 126 valence electrons. The number of nitrogens with zero attached hydrogens (tertiary/aromatic N) is 1. The summed E-state index contributed by atoms with van der Waals surface area (Å²) in [6, 6.07) is 7.06. The molecule has 1 saturated heterocycles. The van der Waals surface area contributed by atoms with Gasteiger partial charge in [-0.3, -0.25) is 9.59 Å². The Labute approximate surface area is 145 Å². The molecule has 1 N–H and O–H groups in total. The Balaban J connectivity index is 1.78. The maximum absolute atomic E-state index is 12.7. The van der Waals surface area contributed by atoms with E-state index in [1.165, 1.54) is 6.26 Å². The summed E-state index contributed by atoms with van der Waals surface area (Å²) >= 11 is 1.57. The quantitative estimate of drug-likeness (QED) is 0.927. The van der Waals surface area contributed by atoms with Crippen LogP contribution in [0.2, 0.25) is 0 Å². The Bertz CT molecular complexity index is 784. The number of aryl methyl sites for hydroxylation is 2. The van der Waals surface area contributed by atoms with E-state index in [1.807, 2.05) is 39.0 Å². The average Bonchev–Trinajstić information content (AvgIpc) is 3.20. The van der Waals surface area contributed by atoms with Crippen LogP contribution in [0, 0.1) is 20.8 Å². The van der Waals surface area contributed by atoms with Crippen molar-refractivity contribution >= 4 is 29.3 Å². The number of rotatable bonds is 3. The number of amides is 2. The number of carbonyl (C=O) groups excluding carboxylic acids is 2. The van der Waals surface area contributed by atoms with Gasteiger partial charge in [0.15, 0.2) is 5.76 Å². The highest BCUT2D eigenvalue weighted by molar-refractivity contribution is 7.99. The molecule has 1 aliphatic heterocycles. The van der Waals surface area contributed by atoms with Crippen LogP contribution in [0.1, 0.15) is 27.2 Å². The minimum atomic E-state index is -0.494. The van der Waals surface area contributed by atoms with Crippen molar-refractivity contribution in [2.24, 2.45) is 0 Å². The lowest BCUT2D eigenvalue weighted by molar-refractivity contribution is -0.119. The highest BCUT2D eigenvalue weighted by atomic mass is 32.2. The summed E-state index contributed by atoms with van der Waals surface area (Å²) < 4.78 is 5.29. The van der Waals surface area contributed by atoms with E-state index in [9.17, 15) is 9.59 Å². The second kappa shape index (κ2) is 6.73. The lowest BCUT2D eigenvalue weighted by atomic mass is 10.1. The third kappa shape index (κ3) is 3.06. The first kappa shape index (κ1) is 16.6. The number of benzene rings is 1. The molecule has 0 aliphatic carbocycles. The first-order valence-electron chi connectivity index (χ1n) is 7.79. The lowest BCUT2D eigenvalue weighted by Gasteiger charge is -2.23. The van der Waals surface area contributed by atoms with Gasteiger partial charge in [0, 0.05) is 17.0 Å².